The van der Waals surface area contributed by atoms with E-state index in [1.165, 1.54) is 6.07 Å². The van der Waals surface area contributed by atoms with E-state index in [-0.39, 0.29) is 17.7 Å². The molecule has 21 heavy (non-hydrogen) atoms. The van der Waals surface area contributed by atoms with Crippen molar-refractivity contribution in [2.75, 3.05) is 5.73 Å². The SMILES string of the molecule is Nc1ccccc1CN(C(=O)c1ccccc1O)C1CC1. The van der Waals surface area contributed by atoms with E-state index in [1.54, 1.807) is 23.1 Å². The number of nitrogens with two attached hydrogens (primary N) is 1. The molecule has 1 aliphatic rings. The summed E-state index contributed by atoms with van der Waals surface area (Å²) in [5, 5.41) is 9.88. The van der Waals surface area contributed by atoms with Crippen LogP contribution >= 0.6 is 0 Å². The van der Waals surface area contributed by atoms with Crippen LogP contribution in [-0.2, 0) is 6.54 Å². The zero-order valence-corrected chi connectivity index (χ0v) is 11.7. The van der Waals surface area contributed by atoms with Crippen LogP contribution in [0.3, 0.4) is 0 Å². The van der Waals surface area contributed by atoms with Gasteiger partial charge in [0.05, 0.1) is 5.56 Å². The van der Waals surface area contributed by atoms with Crippen LogP contribution in [0.25, 0.3) is 0 Å². The third-order valence-corrected chi connectivity index (χ3v) is 3.78. The molecule has 0 atom stereocenters. The normalized spacial score (nSPS) is 13.9. The molecule has 2 aromatic carbocycles. The minimum Gasteiger partial charge on any atom is -0.507 e. The Morgan fingerprint density at radius 1 is 1.14 bits per heavy atom. The number of anilines is 1. The molecule has 1 aliphatic carbocycles. The Balaban J connectivity index is 1.87. The second-order valence-electron chi connectivity index (χ2n) is 5.38. The van der Waals surface area contributed by atoms with Crippen LogP contribution in [-0.4, -0.2) is 22.0 Å². The predicted molar refractivity (Wildman–Crippen MR) is 81.9 cm³/mol. The van der Waals surface area contributed by atoms with Crippen LogP contribution in [0, 0.1) is 0 Å². The zero-order chi connectivity index (χ0) is 14.8. The lowest BCUT2D eigenvalue weighted by atomic mass is 10.1. The fourth-order valence-electron chi connectivity index (χ4n) is 2.42. The van der Waals surface area contributed by atoms with Gasteiger partial charge in [0.15, 0.2) is 0 Å². The number of carbonyl (C=O) groups is 1. The number of aromatic hydroxyl groups is 1. The fraction of sp³-hybridized carbons (Fsp3) is 0.235. The number of phenolic OH excluding ortho intramolecular Hbond substituents is 1. The molecule has 108 valence electrons. The number of para-hydroxylation sites is 2. The monoisotopic (exact) mass is 282 g/mol. The Morgan fingerprint density at radius 3 is 2.48 bits per heavy atom. The molecule has 0 spiro atoms. The van der Waals surface area contributed by atoms with Crippen molar-refractivity contribution in [2.45, 2.75) is 25.4 Å². The fourth-order valence-corrected chi connectivity index (χ4v) is 2.42. The Kier molecular flexibility index (Phi) is 3.52. The summed E-state index contributed by atoms with van der Waals surface area (Å²) >= 11 is 0. The Morgan fingerprint density at radius 2 is 1.81 bits per heavy atom. The first kappa shape index (κ1) is 13.5. The van der Waals surface area contributed by atoms with Crippen molar-refractivity contribution >= 4 is 11.6 Å². The van der Waals surface area contributed by atoms with E-state index in [4.69, 9.17) is 5.73 Å². The van der Waals surface area contributed by atoms with E-state index in [0.29, 0.717) is 17.8 Å². The molecule has 0 heterocycles. The van der Waals surface area contributed by atoms with Gasteiger partial charge in [0.25, 0.3) is 5.91 Å². The number of nitrogens with zero attached hydrogens (tertiary/aromatic N) is 1. The first-order valence-electron chi connectivity index (χ1n) is 7.09. The van der Waals surface area contributed by atoms with Crippen LogP contribution in [0.1, 0.15) is 28.8 Å². The van der Waals surface area contributed by atoms with Crippen LogP contribution in [0.2, 0.25) is 0 Å². The average Bonchev–Trinajstić information content (AvgIpc) is 3.31. The van der Waals surface area contributed by atoms with Gasteiger partial charge in [-0.1, -0.05) is 30.3 Å². The maximum atomic E-state index is 12.7. The van der Waals surface area contributed by atoms with E-state index >= 15 is 0 Å². The summed E-state index contributed by atoms with van der Waals surface area (Å²) in [6.07, 6.45) is 2.01. The lowest BCUT2D eigenvalue weighted by Gasteiger charge is -2.23. The van der Waals surface area contributed by atoms with Gasteiger partial charge in [-0.15, -0.1) is 0 Å². The molecule has 4 nitrogen and oxygen atoms in total. The smallest absolute Gasteiger partial charge is 0.258 e. The van der Waals surface area contributed by atoms with Gasteiger partial charge >= 0.3 is 0 Å². The maximum Gasteiger partial charge on any atom is 0.258 e. The summed E-state index contributed by atoms with van der Waals surface area (Å²) in [5.41, 5.74) is 7.94. The third-order valence-electron chi connectivity index (χ3n) is 3.78. The second kappa shape index (κ2) is 5.48. The number of hydrogen-bond acceptors (Lipinski definition) is 3. The Bertz CT molecular complexity index is 665. The minimum absolute atomic E-state index is 0.0224. The van der Waals surface area contributed by atoms with Crippen molar-refractivity contribution in [1.82, 2.24) is 4.90 Å². The molecule has 0 bridgehead atoms. The van der Waals surface area contributed by atoms with E-state index in [0.717, 1.165) is 18.4 Å². The highest BCUT2D eigenvalue weighted by atomic mass is 16.3. The highest BCUT2D eigenvalue weighted by Crippen LogP contribution is 2.32. The van der Waals surface area contributed by atoms with Crippen LogP contribution in [0.15, 0.2) is 48.5 Å². The third kappa shape index (κ3) is 2.84. The van der Waals surface area contributed by atoms with E-state index < -0.39 is 0 Å². The Hall–Kier alpha value is -2.49. The summed E-state index contributed by atoms with van der Waals surface area (Å²) < 4.78 is 0. The van der Waals surface area contributed by atoms with Crippen molar-refractivity contribution in [2.24, 2.45) is 0 Å². The van der Waals surface area contributed by atoms with Gasteiger partial charge in [-0.2, -0.15) is 0 Å². The molecule has 4 heteroatoms. The topological polar surface area (TPSA) is 66.6 Å². The van der Waals surface area contributed by atoms with Gasteiger partial charge in [0.1, 0.15) is 5.75 Å². The van der Waals surface area contributed by atoms with E-state index in [1.807, 2.05) is 24.3 Å². The average molecular weight is 282 g/mol. The Labute approximate surface area is 123 Å². The molecule has 1 fully saturated rings. The standard InChI is InChI=1S/C17H18N2O2/c18-15-7-3-1-5-12(15)11-19(13-9-10-13)17(21)14-6-2-4-8-16(14)20/h1-8,13,20H,9-11,18H2. The summed E-state index contributed by atoms with van der Waals surface area (Å²) in [5.74, 6) is -0.118. The van der Waals surface area contributed by atoms with Crippen molar-refractivity contribution in [1.29, 1.82) is 0 Å². The number of amides is 1. The number of phenols is 1. The predicted octanol–water partition coefficient (Wildman–Crippen LogP) is 2.78. The van der Waals surface area contributed by atoms with Crippen LogP contribution < -0.4 is 5.73 Å². The number of rotatable bonds is 4. The van der Waals surface area contributed by atoms with Gasteiger partial charge in [-0.25, -0.2) is 0 Å². The highest BCUT2D eigenvalue weighted by molar-refractivity contribution is 5.97. The molecule has 0 unspecified atom stereocenters. The molecule has 0 saturated heterocycles. The maximum absolute atomic E-state index is 12.7. The number of carbonyl (C=O) groups excluding carboxylic acids is 1. The second-order valence-corrected chi connectivity index (χ2v) is 5.38. The summed E-state index contributed by atoms with van der Waals surface area (Å²) in [6.45, 7) is 0.477. The molecular formula is C17H18N2O2. The quantitative estimate of drug-likeness (QED) is 0.847. The zero-order valence-electron chi connectivity index (χ0n) is 11.7. The highest BCUT2D eigenvalue weighted by Gasteiger charge is 2.34. The van der Waals surface area contributed by atoms with Crippen molar-refractivity contribution in [3.8, 4) is 5.75 Å². The lowest BCUT2D eigenvalue weighted by molar-refractivity contribution is 0.0727. The van der Waals surface area contributed by atoms with Crippen LogP contribution in [0.4, 0.5) is 5.69 Å². The molecule has 3 N–H and O–H groups in total. The minimum atomic E-state index is -0.140. The molecule has 0 aromatic heterocycles. The van der Waals surface area contributed by atoms with Gasteiger partial charge in [0, 0.05) is 18.3 Å². The molecule has 1 saturated carbocycles. The van der Waals surface area contributed by atoms with Gasteiger partial charge in [-0.05, 0) is 36.6 Å². The first-order chi connectivity index (χ1) is 10.2. The van der Waals surface area contributed by atoms with Crippen LogP contribution in [0.5, 0.6) is 5.75 Å². The summed E-state index contributed by atoms with van der Waals surface area (Å²) in [4.78, 5) is 14.5. The molecule has 1 amide bonds. The number of nitrogen functional groups attached to an aromatic ring is 1. The molecule has 0 radical (unpaired) electrons. The van der Waals surface area contributed by atoms with E-state index in [9.17, 15) is 9.90 Å². The first-order valence-corrected chi connectivity index (χ1v) is 7.09. The van der Waals surface area contributed by atoms with Gasteiger partial charge < -0.3 is 15.7 Å². The molecule has 0 aliphatic heterocycles. The number of hydrogen-bond donors (Lipinski definition) is 2. The largest absolute Gasteiger partial charge is 0.507 e. The lowest BCUT2D eigenvalue weighted by Crippen LogP contribution is -2.32. The molecule has 2 aromatic rings. The summed E-state index contributed by atoms with van der Waals surface area (Å²) in [7, 11) is 0. The van der Waals surface area contributed by atoms with Gasteiger partial charge in [-0.3, -0.25) is 4.79 Å². The van der Waals surface area contributed by atoms with Gasteiger partial charge in [0.2, 0.25) is 0 Å². The van der Waals surface area contributed by atoms with Crippen molar-refractivity contribution < 1.29 is 9.90 Å². The number of benzene rings is 2. The van der Waals surface area contributed by atoms with Crippen molar-refractivity contribution in [3.63, 3.8) is 0 Å². The molecule has 3 rings (SSSR count). The van der Waals surface area contributed by atoms with Crippen molar-refractivity contribution in [3.05, 3.63) is 59.7 Å². The summed E-state index contributed by atoms with van der Waals surface area (Å²) in [6, 6.07) is 14.5. The van der Waals surface area contributed by atoms with E-state index in [2.05, 4.69) is 0 Å². The molecular weight excluding hydrogens is 264 g/mol.